The fourth-order valence-electron chi connectivity index (χ4n) is 4.69. The highest BCUT2D eigenvalue weighted by Gasteiger charge is 2.60. The number of rotatable bonds is 6. The molecule has 2 saturated heterocycles. The zero-order valence-electron chi connectivity index (χ0n) is 19.5. The van der Waals surface area contributed by atoms with Gasteiger partial charge in [0, 0.05) is 12.6 Å². The maximum atomic E-state index is 13.5. The Bertz CT molecular complexity index is 1250. The maximum Gasteiger partial charge on any atom is 0.337 e. The highest BCUT2D eigenvalue weighted by molar-refractivity contribution is 8.00. The van der Waals surface area contributed by atoms with Crippen molar-refractivity contribution in [2.75, 3.05) is 10.7 Å². The van der Waals surface area contributed by atoms with E-state index < -0.39 is 35.4 Å². The van der Waals surface area contributed by atoms with Gasteiger partial charge in [-0.3, -0.25) is 19.3 Å². The number of benzene rings is 3. The van der Waals surface area contributed by atoms with E-state index in [1.54, 1.807) is 24.3 Å². The third-order valence-corrected chi connectivity index (χ3v) is 7.62. The second kappa shape index (κ2) is 9.99. The highest BCUT2D eigenvalue weighted by atomic mass is 32.2. The Hall–Kier alpha value is -3.91. The van der Waals surface area contributed by atoms with Gasteiger partial charge in [-0.2, -0.15) is 0 Å². The molecule has 0 aliphatic carbocycles. The number of thioether (sulfide) groups is 1. The van der Waals surface area contributed by atoms with Crippen LogP contribution in [0.3, 0.4) is 0 Å². The minimum Gasteiger partial charge on any atom is -0.451 e. The monoisotopic (exact) mass is 500 g/mol. The summed E-state index contributed by atoms with van der Waals surface area (Å²) >= 11 is 1.26. The summed E-state index contributed by atoms with van der Waals surface area (Å²) in [6.45, 7) is 1.40. The SMILES string of the molecule is CC(=O)N(c1ccccc1)[C@@H]1C(=O)N2[C@@H](C(=O)OC(c3ccccc3)c3ccccc3)C(=O)CS[C@@H]12. The molecule has 2 amide bonds. The zero-order chi connectivity index (χ0) is 25.2. The Morgan fingerprint density at radius 2 is 1.42 bits per heavy atom. The lowest BCUT2D eigenvalue weighted by molar-refractivity contribution is -0.169. The number of esters is 1. The van der Waals surface area contributed by atoms with Crippen LogP contribution < -0.4 is 4.90 Å². The number of hydrogen-bond donors (Lipinski definition) is 0. The van der Waals surface area contributed by atoms with Crippen molar-refractivity contribution in [1.29, 1.82) is 0 Å². The molecule has 2 fully saturated rings. The van der Waals surface area contributed by atoms with E-state index in [2.05, 4.69) is 0 Å². The smallest absolute Gasteiger partial charge is 0.337 e. The first kappa shape index (κ1) is 23.8. The minimum absolute atomic E-state index is 0.0482. The fraction of sp³-hybridized carbons (Fsp3) is 0.214. The number of carbonyl (C=O) groups excluding carboxylic acids is 4. The highest BCUT2D eigenvalue weighted by Crippen LogP contribution is 2.41. The second-order valence-electron chi connectivity index (χ2n) is 8.62. The van der Waals surface area contributed by atoms with E-state index in [4.69, 9.17) is 4.74 Å². The molecule has 182 valence electrons. The molecule has 2 aliphatic rings. The van der Waals surface area contributed by atoms with E-state index in [-0.39, 0.29) is 17.4 Å². The van der Waals surface area contributed by atoms with E-state index >= 15 is 0 Å². The van der Waals surface area contributed by atoms with Crippen LogP contribution in [0.15, 0.2) is 91.0 Å². The minimum atomic E-state index is -1.35. The van der Waals surface area contributed by atoms with Crippen molar-refractivity contribution in [2.45, 2.75) is 30.5 Å². The predicted octanol–water partition coefficient (Wildman–Crippen LogP) is 3.59. The van der Waals surface area contributed by atoms with Crippen LogP contribution in [0.4, 0.5) is 5.69 Å². The molecule has 0 radical (unpaired) electrons. The van der Waals surface area contributed by atoms with Crippen LogP contribution in [0.5, 0.6) is 0 Å². The van der Waals surface area contributed by atoms with Crippen molar-refractivity contribution in [2.24, 2.45) is 0 Å². The average Bonchev–Trinajstić information content (AvgIpc) is 2.91. The molecule has 0 unspecified atom stereocenters. The molecule has 3 aromatic rings. The summed E-state index contributed by atoms with van der Waals surface area (Å²) in [7, 11) is 0. The standard InChI is InChI=1S/C28H24N2O5S/c1-18(31)29(21-15-9-4-10-16-21)24-26(33)30-23(22(32)17-36-27(24)30)28(34)35-25(19-11-5-2-6-12-19)20-13-7-3-8-14-20/h2-16,23-25,27H,17H2,1H3/t23-,24-,27+/m1/s1. The number of ketones is 1. The Morgan fingerprint density at radius 1 is 0.889 bits per heavy atom. The molecule has 0 spiro atoms. The lowest BCUT2D eigenvalue weighted by Gasteiger charge is -2.54. The third kappa shape index (κ3) is 4.28. The van der Waals surface area contributed by atoms with Gasteiger partial charge < -0.3 is 9.64 Å². The van der Waals surface area contributed by atoms with Crippen molar-refractivity contribution in [3.05, 3.63) is 102 Å². The van der Waals surface area contributed by atoms with Gasteiger partial charge >= 0.3 is 5.97 Å². The van der Waals surface area contributed by atoms with Gasteiger partial charge in [0.05, 0.1) is 5.75 Å². The Morgan fingerprint density at radius 3 is 1.94 bits per heavy atom. The fourth-order valence-corrected chi connectivity index (χ4v) is 5.99. The number of nitrogens with zero attached hydrogens (tertiary/aromatic N) is 2. The number of Topliss-reactive ketones (excluding diaryl/α,β-unsaturated/α-hetero) is 1. The summed E-state index contributed by atoms with van der Waals surface area (Å²) in [5.74, 6) is -1.85. The average molecular weight is 501 g/mol. The normalized spacial score (nSPS) is 20.9. The molecule has 3 aromatic carbocycles. The van der Waals surface area contributed by atoms with E-state index in [1.807, 2.05) is 66.7 Å². The van der Waals surface area contributed by atoms with Crippen LogP contribution in [-0.4, -0.2) is 51.7 Å². The van der Waals surface area contributed by atoms with E-state index in [0.717, 1.165) is 11.1 Å². The molecule has 3 atom stereocenters. The number of hydrogen-bond acceptors (Lipinski definition) is 6. The quantitative estimate of drug-likeness (QED) is 0.292. The summed E-state index contributed by atoms with van der Waals surface area (Å²) in [6.07, 6.45) is -0.731. The van der Waals surface area contributed by atoms with Gasteiger partial charge in [0.1, 0.15) is 11.4 Å². The van der Waals surface area contributed by atoms with Crippen LogP contribution in [0, 0.1) is 0 Å². The van der Waals surface area contributed by atoms with Crippen molar-refractivity contribution >= 4 is 41.0 Å². The molecule has 5 rings (SSSR count). The van der Waals surface area contributed by atoms with E-state index in [0.29, 0.717) is 5.69 Å². The molecule has 2 aliphatic heterocycles. The number of anilines is 1. The van der Waals surface area contributed by atoms with Gasteiger partial charge in [0.15, 0.2) is 17.9 Å². The third-order valence-electron chi connectivity index (χ3n) is 6.34. The number of β-lactam (4-membered cyclic amide) rings is 1. The summed E-state index contributed by atoms with van der Waals surface area (Å²) in [4.78, 5) is 55.0. The molecule has 7 nitrogen and oxygen atoms in total. The van der Waals surface area contributed by atoms with Crippen molar-refractivity contribution in [3.63, 3.8) is 0 Å². The molecular weight excluding hydrogens is 476 g/mol. The first-order valence-corrected chi connectivity index (χ1v) is 12.6. The largest absolute Gasteiger partial charge is 0.451 e. The molecule has 8 heteroatoms. The molecule has 0 saturated carbocycles. The first-order valence-electron chi connectivity index (χ1n) is 11.6. The Balaban J connectivity index is 1.42. The lowest BCUT2D eigenvalue weighted by atomic mass is 9.97. The molecule has 0 N–H and O–H groups in total. The Kier molecular flexibility index (Phi) is 6.61. The number of carbonyl (C=O) groups is 4. The van der Waals surface area contributed by atoms with Gasteiger partial charge in [-0.15, -0.1) is 11.8 Å². The van der Waals surface area contributed by atoms with Crippen molar-refractivity contribution < 1.29 is 23.9 Å². The van der Waals surface area contributed by atoms with Crippen LogP contribution in [-0.2, 0) is 23.9 Å². The van der Waals surface area contributed by atoms with Crippen molar-refractivity contribution in [3.8, 4) is 0 Å². The van der Waals surface area contributed by atoms with E-state index in [9.17, 15) is 19.2 Å². The first-order chi connectivity index (χ1) is 17.5. The summed E-state index contributed by atoms with van der Waals surface area (Å²) in [5, 5.41) is -0.524. The van der Waals surface area contributed by atoms with Gasteiger partial charge in [0.2, 0.25) is 5.91 Å². The van der Waals surface area contributed by atoms with Crippen LogP contribution in [0.1, 0.15) is 24.2 Å². The van der Waals surface area contributed by atoms with Gasteiger partial charge in [0.25, 0.3) is 5.91 Å². The topological polar surface area (TPSA) is 84.0 Å². The summed E-state index contributed by atoms with van der Waals surface area (Å²) in [5.41, 5.74) is 2.10. The van der Waals surface area contributed by atoms with Gasteiger partial charge in [-0.05, 0) is 23.3 Å². The number of ether oxygens (including phenoxy) is 1. The molecule has 2 heterocycles. The molecule has 36 heavy (non-hydrogen) atoms. The maximum absolute atomic E-state index is 13.5. The number of fused-ring (bicyclic) bond motifs is 1. The summed E-state index contributed by atoms with van der Waals surface area (Å²) in [6, 6.07) is 25.3. The second-order valence-corrected chi connectivity index (χ2v) is 9.73. The van der Waals surface area contributed by atoms with Gasteiger partial charge in [-0.1, -0.05) is 78.9 Å². The predicted molar refractivity (Wildman–Crippen MR) is 136 cm³/mol. The van der Waals surface area contributed by atoms with E-state index in [1.165, 1.54) is 28.5 Å². The molecule has 0 aromatic heterocycles. The van der Waals surface area contributed by atoms with Crippen molar-refractivity contribution in [1.82, 2.24) is 4.90 Å². The van der Waals surface area contributed by atoms with Crippen LogP contribution in [0.25, 0.3) is 0 Å². The zero-order valence-corrected chi connectivity index (χ0v) is 20.3. The lowest BCUT2D eigenvalue weighted by Crippen LogP contribution is -2.76. The molecular formula is C28H24N2O5S. The molecule has 0 bridgehead atoms. The number of para-hydroxylation sites is 1. The van der Waals surface area contributed by atoms with Gasteiger partial charge in [-0.25, -0.2) is 4.79 Å². The van der Waals surface area contributed by atoms with Crippen LogP contribution >= 0.6 is 11.8 Å². The summed E-state index contributed by atoms with van der Waals surface area (Å²) < 4.78 is 5.92. The van der Waals surface area contributed by atoms with Crippen LogP contribution in [0.2, 0.25) is 0 Å². The number of amides is 2. The Labute approximate surface area is 213 Å².